The van der Waals surface area contributed by atoms with Gasteiger partial charge in [0.25, 0.3) is 0 Å². The van der Waals surface area contributed by atoms with Crippen molar-refractivity contribution in [1.29, 1.82) is 0 Å². The molecule has 25 heavy (non-hydrogen) atoms. The molecule has 3 aromatic heterocycles. The molecule has 0 N–H and O–H groups in total. The highest BCUT2D eigenvalue weighted by atomic mass is 15.3. The minimum atomic E-state index is 0.826. The molecule has 0 unspecified atom stereocenters. The van der Waals surface area contributed by atoms with Crippen LogP contribution in [-0.4, -0.2) is 32.4 Å². The number of hydrogen-bond donors (Lipinski definition) is 0. The van der Waals surface area contributed by atoms with Gasteiger partial charge in [-0.25, -0.2) is 15.0 Å². The molecule has 0 radical (unpaired) electrons. The van der Waals surface area contributed by atoms with Crippen molar-refractivity contribution < 1.29 is 0 Å². The number of anilines is 1. The first-order valence-electron chi connectivity index (χ1n) is 9.14. The van der Waals surface area contributed by atoms with E-state index in [1.165, 1.54) is 29.9 Å². The van der Waals surface area contributed by atoms with Crippen LogP contribution in [0.4, 0.5) is 5.82 Å². The molecule has 0 amide bonds. The highest BCUT2D eigenvalue weighted by molar-refractivity contribution is 5.60. The molecule has 0 bridgehead atoms. The van der Waals surface area contributed by atoms with Crippen molar-refractivity contribution in [2.75, 3.05) is 18.0 Å². The van der Waals surface area contributed by atoms with Crippen LogP contribution >= 0.6 is 0 Å². The monoisotopic (exact) mass is 335 g/mol. The Labute approximate surface area is 148 Å². The SMILES string of the molecule is Cc1cc(C)nc(CCc2nc3c(C)cccn3c2N2CCCC2)n1. The molecule has 3 aromatic rings. The Balaban J connectivity index is 1.70. The van der Waals surface area contributed by atoms with Crippen LogP contribution in [0, 0.1) is 20.8 Å². The van der Waals surface area contributed by atoms with Gasteiger partial charge in [0.1, 0.15) is 17.3 Å². The van der Waals surface area contributed by atoms with Gasteiger partial charge >= 0.3 is 0 Å². The normalized spacial score (nSPS) is 14.6. The lowest BCUT2D eigenvalue weighted by Gasteiger charge is -2.18. The predicted molar refractivity (Wildman–Crippen MR) is 100 cm³/mol. The Hall–Kier alpha value is -2.43. The van der Waals surface area contributed by atoms with Crippen LogP contribution in [0.25, 0.3) is 5.65 Å². The highest BCUT2D eigenvalue weighted by Gasteiger charge is 2.22. The number of imidazole rings is 1. The number of hydrogen-bond acceptors (Lipinski definition) is 4. The molecule has 0 aromatic carbocycles. The summed E-state index contributed by atoms with van der Waals surface area (Å²) in [5, 5.41) is 0. The van der Waals surface area contributed by atoms with E-state index in [2.05, 4.69) is 44.5 Å². The van der Waals surface area contributed by atoms with Gasteiger partial charge in [0.15, 0.2) is 0 Å². The number of nitrogens with zero attached hydrogens (tertiary/aromatic N) is 5. The quantitative estimate of drug-likeness (QED) is 0.733. The molecule has 0 atom stereocenters. The molecule has 130 valence electrons. The topological polar surface area (TPSA) is 46.3 Å². The van der Waals surface area contributed by atoms with E-state index >= 15 is 0 Å². The Morgan fingerprint density at radius 3 is 2.40 bits per heavy atom. The number of rotatable bonds is 4. The molecule has 5 heteroatoms. The van der Waals surface area contributed by atoms with Crippen molar-refractivity contribution in [3.8, 4) is 0 Å². The van der Waals surface area contributed by atoms with E-state index < -0.39 is 0 Å². The molecule has 1 saturated heterocycles. The van der Waals surface area contributed by atoms with E-state index in [-0.39, 0.29) is 0 Å². The summed E-state index contributed by atoms with van der Waals surface area (Å²) in [4.78, 5) is 16.6. The summed E-state index contributed by atoms with van der Waals surface area (Å²) in [5.41, 5.74) is 5.53. The van der Waals surface area contributed by atoms with E-state index in [1.807, 2.05) is 19.9 Å². The molecule has 1 fully saturated rings. The number of fused-ring (bicyclic) bond motifs is 1. The summed E-state index contributed by atoms with van der Waals surface area (Å²) in [7, 11) is 0. The van der Waals surface area contributed by atoms with Crippen LogP contribution in [0.3, 0.4) is 0 Å². The zero-order valence-corrected chi connectivity index (χ0v) is 15.3. The highest BCUT2D eigenvalue weighted by Crippen LogP contribution is 2.28. The maximum atomic E-state index is 4.98. The second-order valence-corrected chi connectivity index (χ2v) is 7.03. The van der Waals surface area contributed by atoms with Crippen molar-refractivity contribution in [3.05, 3.63) is 52.9 Å². The Kier molecular flexibility index (Phi) is 4.15. The molecule has 0 aliphatic carbocycles. The summed E-state index contributed by atoms with van der Waals surface area (Å²) < 4.78 is 2.26. The molecule has 0 saturated carbocycles. The first kappa shape index (κ1) is 16.1. The predicted octanol–water partition coefficient (Wildman–Crippen LogP) is 3.43. The van der Waals surface area contributed by atoms with E-state index in [0.717, 1.165) is 48.8 Å². The average Bonchev–Trinajstić information content (AvgIpc) is 3.19. The third-order valence-corrected chi connectivity index (χ3v) is 4.91. The number of pyridine rings is 1. The van der Waals surface area contributed by atoms with Crippen LogP contribution in [0.2, 0.25) is 0 Å². The van der Waals surface area contributed by atoms with Gasteiger partial charge in [-0.2, -0.15) is 0 Å². The first-order valence-corrected chi connectivity index (χ1v) is 9.14. The largest absolute Gasteiger partial charge is 0.356 e. The third-order valence-electron chi connectivity index (χ3n) is 4.91. The third kappa shape index (κ3) is 3.11. The van der Waals surface area contributed by atoms with Gasteiger partial charge in [-0.3, -0.25) is 4.40 Å². The minimum absolute atomic E-state index is 0.826. The van der Waals surface area contributed by atoms with Crippen LogP contribution in [0.15, 0.2) is 24.4 Å². The van der Waals surface area contributed by atoms with E-state index in [9.17, 15) is 0 Å². The molecular formula is C20H25N5. The molecule has 1 aliphatic heterocycles. The maximum absolute atomic E-state index is 4.98. The van der Waals surface area contributed by atoms with Gasteiger partial charge in [0.05, 0.1) is 5.69 Å². The Bertz CT molecular complexity index is 886. The van der Waals surface area contributed by atoms with Crippen molar-refractivity contribution in [1.82, 2.24) is 19.4 Å². The molecule has 4 heterocycles. The number of aryl methyl sites for hydroxylation is 5. The van der Waals surface area contributed by atoms with Gasteiger partial charge in [0, 0.05) is 43.5 Å². The maximum Gasteiger partial charge on any atom is 0.141 e. The van der Waals surface area contributed by atoms with Crippen molar-refractivity contribution >= 4 is 11.5 Å². The average molecular weight is 335 g/mol. The van der Waals surface area contributed by atoms with Crippen molar-refractivity contribution in [2.24, 2.45) is 0 Å². The fourth-order valence-corrected chi connectivity index (χ4v) is 3.81. The van der Waals surface area contributed by atoms with Crippen LogP contribution in [0.1, 0.15) is 41.3 Å². The molecule has 5 nitrogen and oxygen atoms in total. The summed E-state index contributed by atoms with van der Waals surface area (Å²) in [5.74, 6) is 2.18. The van der Waals surface area contributed by atoms with E-state index in [1.54, 1.807) is 0 Å². The minimum Gasteiger partial charge on any atom is -0.356 e. The van der Waals surface area contributed by atoms with Crippen LogP contribution in [0.5, 0.6) is 0 Å². The molecule has 4 rings (SSSR count). The van der Waals surface area contributed by atoms with Crippen LogP contribution < -0.4 is 4.90 Å². The van der Waals surface area contributed by atoms with E-state index in [4.69, 9.17) is 4.98 Å². The summed E-state index contributed by atoms with van der Waals surface area (Å²) >= 11 is 0. The first-order chi connectivity index (χ1) is 12.1. The van der Waals surface area contributed by atoms with Crippen molar-refractivity contribution in [3.63, 3.8) is 0 Å². The molecule has 0 spiro atoms. The van der Waals surface area contributed by atoms with Crippen molar-refractivity contribution in [2.45, 2.75) is 46.5 Å². The molecular weight excluding hydrogens is 310 g/mol. The van der Waals surface area contributed by atoms with Crippen LogP contribution in [-0.2, 0) is 12.8 Å². The second-order valence-electron chi connectivity index (χ2n) is 7.03. The zero-order chi connectivity index (χ0) is 17.4. The Morgan fingerprint density at radius 1 is 0.960 bits per heavy atom. The summed E-state index contributed by atoms with van der Waals surface area (Å²) in [6.07, 6.45) is 6.36. The Morgan fingerprint density at radius 2 is 1.68 bits per heavy atom. The lowest BCUT2D eigenvalue weighted by molar-refractivity contribution is 0.812. The van der Waals surface area contributed by atoms with Gasteiger partial charge in [0.2, 0.25) is 0 Å². The fraction of sp³-hybridized carbons (Fsp3) is 0.450. The summed E-state index contributed by atoms with van der Waals surface area (Å²) in [6, 6.07) is 6.26. The zero-order valence-electron chi connectivity index (χ0n) is 15.3. The standard InChI is InChI=1S/C20H25N5/c1-14-7-6-12-25-19(14)23-17(20(25)24-10-4-5-11-24)8-9-18-21-15(2)13-16(3)22-18/h6-7,12-13H,4-5,8-11H2,1-3H3. The molecule has 1 aliphatic rings. The number of aromatic nitrogens is 4. The lowest BCUT2D eigenvalue weighted by atomic mass is 10.2. The lowest BCUT2D eigenvalue weighted by Crippen LogP contribution is -2.21. The second kappa shape index (κ2) is 6.47. The fourth-order valence-electron chi connectivity index (χ4n) is 3.81. The van der Waals surface area contributed by atoms with E-state index in [0.29, 0.717) is 0 Å². The van der Waals surface area contributed by atoms with Gasteiger partial charge in [-0.15, -0.1) is 0 Å². The van der Waals surface area contributed by atoms with Gasteiger partial charge in [-0.1, -0.05) is 6.07 Å². The van der Waals surface area contributed by atoms with Gasteiger partial charge < -0.3 is 4.90 Å². The van der Waals surface area contributed by atoms with Gasteiger partial charge in [-0.05, 0) is 51.3 Å². The summed E-state index contributed by atoms with van der Waals surface area (Å²) in [6.45, 7) is 8.43. The smallest absolute Gasteiger partial charge is 0.141 e.